The molecule has 80 valence electrons. The summed E-state index contributed by atoms with van der Waals surface area (Å²) < 4.78 is 0. The normalized spacial score (nSPS) is 43.6. The Labute approximate surface area is 92.8 Å². The molecule has 0 aromatic carbocycles. The fourth-order valence-electron chi connectivity index (χ4n) is 3.94. The molecule has 0 aromatic heterocycles. The van der Waals surface area contributed by atoms with Crippen molar-refractivity contribution in [3.63, 3.8) is 0 Å². The molecule has 0 aliphatic heterocycles. The number of allylic oxidation sites excluding steroid dienone is 6. The Morgan fingerprint density at radius 3 is 2.53 bits per heavy atom. The van der Waals surface area contributed by atoms with Crippen LogP contribution in [0.3, 0.4) is 0 Å². The summed E-state index contributed by atoms with van der Waals surface area (Å²) in [7, 11) is 0. The molecule has 4 atom stereocenters. The van der Waals surface area contributed by atoms with Gasteiger partial charge in [0.1, 0.15) is 0 Å². The standard InChI is InChI=1S/C15H20/c1-3-6-12-11(2)15(9-10-15)14-8-5-4-7-13(12)14/h4-5,7-14H,3,6H2,1-2H3. The van der Waals surface area contributed by atoms with Crippen molar-refractivity contribution in [3.8, 4) is 0 Å². The van der Waals surface area contributed by atoms with Gasteiger partial charge in [-0.05, 0) is 30.1 Å². The molecule has 1 spiro atoms. The molecule has 0 amide bonds. The van der Waals surface area contributed by atoms with Crippen LogP contribution in [-0.4, -0.2) is 0 Å². The van der Waals surface area contributed by atoms with Gasteiger partial charge < -0.3 is 0 Å². The topological polar surface area (TPSA) is 0 Å². The second-order valence-corrected chi connectivity index (χ2v) is 5.45. The van der Waals surface area contributed by atoms with E-state index in [4.69, 9.17) is 0 Å². The van der Waals surface area contributed by atoms with Crippen LogP contribution in [0.25, 0.3) is 0 Å². The maximum absolute atomic E-state index is 2.46. The fourth-order valence-corrected chi connectivity index (χ4v) is 3.94. The van der Waals surface area contributed by atoms with Crippen molar-refractivity contribution in [2.45, 2.75) is 26.7 Å². The number of hydrogen-bond acceptors (Lipinski definition) is 0. The van der Waals surface area contributed by atoms with Crippen molar-refractivity contribution in [1.29, 1.82) is 0 Å². The van der Waals surface area contributed by atoms with Crippen molar-refractivity contribution in [2.75, 3.05) is 0 Å². The minimum atomic E-state index is 0.478. The number of fused-ring (bicyclic) bond motifs is 2. The Morgan fingerprint density at radius 1 is 1.13 bits per heavy atom. The predicted octanol–water partition coefficient (Wildman–Crippen LogP) is 3.97. The molecule has 0 heteroatoms. The Balaban J connectivity index is 1.92. The summed E-state index contributed by atoms with van der Waals surface area (Å²) in [5.41, 5.74) is 0.478. The van der Waals surface area contributed by atoms with E-state index >= 15 is 0 Å². The first-order valence-electron chi connectivity index (χ1n) is 6.35. The molecule has 3 aliphatic rings. The van der Waals surface area contributed by atoms with Gasteiger partial charge in [-0.15, -0.1) is 0 Å². The van der Waals surface area contributed by atoms with Crippen LogP contribution < -0.4 is 0 Å². The number of hydrogen-bond donors (Lipinski definition) is 0. The zero-order valence-corrected chi connectivity index (χ0v) is 9.69. The third-order valence-corrected chi connectivity index (χ3v) is 4.85. The highest BCUT2D eigenvalue weighted by atomic mass is 14.6. The van der Waals surface area contributed by atoms with E-state index in [1.54, 1.807) is 0 Å². The largest absolute Gasteiger partial charge is 0.0805 e. The van der Waals surface area contributed by atoms with Gasteiger partial charge >= 0.3 is 0 Å². The van der Waals surface area contributed by atoms with Crippen LogP contribution in [0.1, 0.15) is 26.7 Å². The highest BCUT2D eigenvalue weighted by Crippen LogP contribution is 2.64. The van der Waals surface area contributed by atoms with Gasteiger partial charge in [0.25, 0.3) is 0 Å². The molecule has 0 aromatic rings. The molecule has 3 rings (SSSR count). The lowest BCUT2D eigenvalue weighted by molar-refractivity contribution is 0.308. The van der Waals surface area contributed by atoms with Gasteiger partial charge in [-0.2, -0.15) is 0 Å². The SMILES string of the molecule is CCCC1C2C=CC=CC2C2(C=C2)C1C. The van der Waals surface area contributed by atoms with Gasteiger partial charge in [0.05, 0.1) is 0 Å². The van der Waals surface area contributed by atoms with Gasteiger partial charge in [-0.3, -0.25) is 0 Å². The lowest BCUT2D eigenvalue weighted by Crippen LogP contribution is -2.17. The summed E-state index contributed by atoms with van der Waals surface area (Å²) in [5, 5.41) is 0. The van der Waals surface area contributed by atoms with Gasteiger partial charge in [0.2, 0.25) is 0 Å². The van der Waals surface area contributed by atoms with Crippen LogP contribution in [0.15, 0.2) is 36.5 Å². The first-order chi connectivity index (χ1) is 7.29. The van der Waals surface area contributed by atoms with Crippen molar-refractivity contribution in [2.24, 2.45) is 29.1 Å². The van der Waals surface area contributed by atoms with Gasteiger partial charge in [0, 0.05) is 5.41 Å². The maximum atomic E-state index is 2.46. The lowest BCUT2D eigenvalue weighted by atomic mass is 9.80. The molecule has 0 N–H and O–H groups in total. The molecule has 0 bridgehead atoms. The lowest BCUT2D eigenvalue weighted by Gasteiger charge is -2.23. The Hall–Kier alpha value is -0.780. The highest BCUT2D eigenvalue weighted by molar-refractivity contribution is 5.39. The zero-order chi connectivity index (χ0) is 10.5. The molecule has 3 aliphatic carbocycles. The quantitative estimate of drug-likeness (QED) is 0.592. The molecule has 15 heavy (non-hydrogen) atoms. The summed E-state index contributed by atoms with van der Waals surface area (Å²) in [4.78, 5) is 0. The van der Waals surface area contributed by atoms with E-state index in [0.29, 0.717) is 5.41 Å². The van der Waals surface area contributed by atoms with Crippen molar-refractivity contribution in [3.05, 3.63) is 36.5 Å². The third-order valence-electron chi connectivity index (χ3n) is 4.85. The van der Waals surface area contributed by atoms with E-state index in [0.717, 1.165) is 23.7 Å². The Bertz CT molecular complexity index is 339. The van der Waals surface area contributed by atoms with E-state index in [1.165, 1.54) is 12.8 Å². The molecular formula is C15H20. The highest BCUT2D eigenvalue weighted by Gasteiger charge is 2.58. The number of rotatable bonds is 2. The summed E-state index contributed by atoms with van der Waals surface area (Å²) in [6.07, 6.45) is 17.0. The summed E-state index contributed by atoms with van der Waals surface area (Å²) in [6, 6.07) is 0. The minimum Gasteiger partial charge on any atom is -0.0805 e. The molecule has 4 unspecified atom stereocenters. The fraction of sp³-hybridized carbons (Fsp3) is 0.600. The van der Waals surface area contributed by atoms with Crippen LogP contribution in [0.5, 0.6) is 0 Å². The van der Waals surface area contributed by atoms with Crippen LogP contribution in [0.2, 0.25) is 0 Å². The summed E-state index contributed by atoms with van der Waals surface area (Å²) in [5.74, 6) is 3.32. The zero-order valence-electron chi connectivity index (χ0n) is 9.69. The van der Waals surface area contributed by atoms with Crippen molar-refractivity contribution in [1.82, 2.24) is 0 Å². The average Bonchev–Trinajstić information content (AvgIpc) is 3.02. The van der Waals surface area contributed by atoms with Crippen LogP contribution >= 0.6 is 0 Å². The van der Waals surface area contributed by atoms with Gasteiger partial charge in [-0.25, -0.2) is 0 Å². The van der Waals surface area contributed by atoms with Gasteiger partial charge in [0.15, 0.2) is 0 Å². The molecule has 0 radical (unpaired) electrons. The minimum absolute atomic E-state index is 0.478. The molecule has 0 saturated heterocycles. The summed E-state index contributed by atoms with van der Waals surface area (Å²) in [6.45, 7) is 4.77. The van der Waals surface area contributed by atoms with Crippen molar-refractivity contribution < 1.29 is 0 Å². The molecule has 0 heterocycles. The van der Waals surface area contributed by atoms with Crippen LogP contribution in [-0.2, 0) is 0 Å². The summed E-state index contributed by atoms with van der Waals surface area (Å²) >= 11 is 0. The van der Waals surface area contributed by atoms with E-state index in [2.05, 4.69) is 50.3 Å². The average molecular weight is 200 g/mol. The van der Waals surface area contributed by atoms with E-state index in [1.807, 2.05) is 0 Å². The second-order valence-electron chi connectivity index (χ2n) is 5.45. The van der Waals surface area contributed by atoms with Crippen LogP contribution in [0, 0.1) is 29.1 Å². The Morgan fingerprint density at radius 2 is 1.87 bits per heavy atom. The molecule has 1 fully saturated rings. The van der Waals surface area contributed by atoms with Crippen LogP contribution in [0.4, 0.5) is 0 Å². The van der Waals surface area contributed by atoms with Gasteiger partial charge in [-0.1, -0.05) is 56.7 Å². The predicted molar refractivity (Wildman–Crippen MR) is 64.4 cm³/mol. The molecule has 0 nitrogen and oxygen atoms in total. The molecule has 1 saturated carbocycles. The van der Waals surface area contributed by atoms with E-state index in [9.17, 15) is 0 Å². The second kappa shape index (κ2) is 3.10. The first-order valence-corrected chi connectivity index (χ1v) is 6.35. The third kappa shape index (κ3) is 1.14. The van der Waals surface area contributed by atoms with Crippen molar-refractivity contribution >= 4 is 0 Å². The molecular weight excluding hydrogens is 180 g/mol. The maximum Gasteiger partial charge on any atom is 0.0159 e. The Kier molecular flexibility index (Phi) is 1.95. The van der Waals surface area contributed by atoms with E-state index < -0.39 is 0 Å². The van der Waals surface area contributed by atoms with E-state index in [-0.39, 0.29) is 0 Å². The first kappa shape index (κ1) is 9.45. The monoisotopic (exact) mass is 200 g/mol. The smallest absolute Gasteiger partial charge is 0.0159 e.